The average Bonchev–Trinajstić information content (AvgIpc) is 3.32. The van der Waals surface area contributed by atoms with Gasteiger partial charge in [-0.3, -0.25) is 14.6 Å². The largest absolute Gasteiger partial charge is 0.507 e. The third-order valence-electron chi connectivity index (χ3n) is 6.07. The number of nitrogens with zero attached hydrogens (tertiary/aromatic N) is 2. The topological polar surface area (TPSA) is 79.7 Å². The molecular formula is C26H20Cl2N2O4. The van der Waals surface area contributed by atoms with Crippen molar-refractivity contribution in [1.82, 2.24) is 9.88 Å². The highest BCUT2D eigenvalue weighted by molar-refractivity contribution is 6.46. The highest BCUT2D eigenvalue weighted by atomic mass is 35.5. The first kappa shape index (κ1) is 22.4. The summed E-state index contributed by atoms with van der Waals surface area (Å²) in [4.78, 5) is 31.8. The molecule has 1 amide bonds. The average molecular weight is 495 g/mol. The third-order valence-corrected chi connectivity index (χ3v) is 6.81. The van der Waals surface area contributed by atoms with Crippen molar-refractivity contribution >= 4 is 40.7 Å². The lowest BCUT2D eigenvalue weighted by Crippen LogP contribution is -2.29. The van der Waals surface area contributed by atoms with Crippen LogP contribution in [-0.2, 0) is 22.6 Å². The maximum absolute atomic E-state index is 13.2. The molecule has 2 unspecified atom stereocenters. The van der Waals surface area contributed by atoms with Crippen LogP contribution in [0.15, 0.2) is 66.5 Å². The summed E-state index contributed by atoms with van der Waals surface area (Å²) in [6.07, 6.45) is 3.97. The number of carbonyl (C=O) groups is 2. The highest BCUT2D eigenvalue weighted by Gasteiger charge is 2.46. The lowest BCUT2D eigenvalue weighted by molar-refractivity contribution is -0.140. The minimum Gasteiger partial charge on any atom is -0.507 e. The molecule has 1 aromatic heterocycles. The summed E-state index contributed by atoms with van der Waals surface area (Å²) in [5, 5.41) is 12.0. The predicted molar refractivity (Wildman–Crippen MR) is 129 cm³/mol. The van der Waals surface area contributed by atoms with Crippen LogP contribution in [0.2, 0.25) is 10.0 Å². The summed E-state index contributed by atoms with van der Waals surface area (Å²) in [5.74, 6) is -0.947. The molecule has 3 aromatic rings. The number of amides is 1. The Bertz CT molecular complexity index is 1340. The minimum absolute atomic E-state index is 0.00404. The Balaban J connectivity index is 1.65. The molecule has 2 atom stereocenters. The van der Waals surface area contributed by atoms with Crippen molar-refractivity contribution in [1.29, 1.82) is 0 Å². The van der Waals surface area contributed by atoms with Crippen LogP contribution >= 0.6 is 23.2 Å². The van der Waals surface area contributed by atoms with Gasteiger partial charge in [0.1, 0.15) is 17.6 Å². The number of rotatable bonds is 4. The highest BCUT2D eigenvalue weighted by Crippen LogP contribution is 2.42. The number of aromatic nitrogens is 1. The molecule has 34 heavy (non-hydrogen) atoms. The molecule has 1 N–H and O–H groups in total. The van der Waals surface area contributed by atoms with E-state index in [1.165, 1.54) is 4.90 Å². The number of Topliss-reactive ketones (excluding diaryl/α,β-unsaturated/α-hetero) is 1. The zero-order chi connectivity index (χ0) is 24.0. The van der Waals surface area contributed by atoms with Crippen LogP contribution in [0.1, 0.15) is 35.2 Å². The Morgan fingerprint density at radius 1 is 1.09 bits per heavy atom. The second kappa shape index (κ2) is 8.78. The Kier molecular flexibility index (Phi) is 5.80. The number of likely N-dealkylation sites (tertiary alicyclic amines) is 1. The van der Waals surface area contributed by atoms with Crippen molar-refractivity contribution in [3.63, 3.8) is 0 Å². The van der Waals surface area contributed by atoms with Crippen molar-refractivity contribution in [3.8, 4) is 5.75 Å². The fourth-order valence-electron chi connectivity index (χ4n) is 4.48. The van der Waals surface area contributed by atoms with Crippen LogP contribution in [0.3, 0.4) is 0 Å². The summed E-state index contributed by atoms with van der Waals surface area (Å²) in [5.41, 5.74) is 2.76. The van der Waals surface area contributed by atoms with Gasteiger partial charge >= 0.3 is 0 Å². The smallest absolute Gasteiger partial charge is 0.295 e. The van der Waals surface area contributed by atoms with E-state index in [2.05, 4.69) is 4.98 Å². The fraction of sp³-hybridized carbons (Fsp3) is 0.192. The van der Waals surface area contributed by atoms with E-state index < -0.39 is 17.7 Å². The normalized spacial score (nSPS) is 21.0. The molecule has 2 aliphatic heterocycles. The number of ketones is 1. The van der Waals surface area contributed by atoms with Crippen LogP contribution in [0.25, 0.3) is 5.76 Å². The van der Waals surface area contributed by atoms with Gasteiger partial charge in [-0.05, 0) is 66.1 Å². The Hall–Kier alpha value is -3.35. The Labute approximate surface area is 206 Å². The molecule has 0 radical (unpaired) electrons. The second-order valence-electron chi connectivity index (χ2n) is 8.41. The molecule has 8 heteroatoms. The minimum atomic E-state index is -0.841. The number of aliphatic hydroxyl groups is 1. The summed E-state index contributed by atoms with van der Waals surface area (Å²) < 4.78 is 5.74. The standard InChI is InChI=1S/C26H20Cl2N2O4/c1-14-10-18-11-17(3-5-21(18)34-14)24(31)22-23(16-2-4-19(27)20(28)12-16)30(26(33)25(22)32)13-15-6-8-29-9-7-15/h2-9,11-12,14,23,31H,10,13H2,1H3/b24-22-. The molecule has 0 bridgehead atoms. The molecule has 5 rings (SSSR count). The molecular weight excluding hydrogens is 475 g/mol. The van der Waals surface area contributed by atoms with E-state index >= 15 is 0 Å². The number of halogens is 2. The number of carbonyl (C=O) groups excluding carboxylic acids is 2. The van der Waals surface area contributed by atoms with E-state index in [9.17, 15) is 14.7 Å². The molecule has 172 valence electrons. The quantitative estimate of drug-likeness (QED) is 0.301. The summed E-state index contributed by atoms with van der Waals surface area (Å²) in [6.45, 7) is 2.12. The third kappa shape index (κ3) is 3.93. The zero-order valence-electron chi connectivity index (χ0n) is 18.2. The number of aliphatic hydroxyl groups excluding tert-OH is 1. The van der Waals surface area contributed by atoms with Crippen molar-refractivity contribution < 1.29 is 19.4 Å². The Morgan fingerprint density at radius 3 is 2.59 bits per heavy atom. The van der Waals surface area contributed by atoms with Crippen LogP contribution in [0.4, 0.5) is 0 Å². The van der Waals surface area contributed by atoms with Crippen molar-refractivity contribution in [3.05, 3.63) is 98.8 Å². The van der Waals surface area contributed by atoms with Crippen LogP contribution < -0.4 is 4.74 Å². The first-order valence-electron chi connectivity index (χ1n) is 10.8. The molecule has 2 aliphatic rings. The number of ether oxygens (including phenoxy) is 1. The van der Waals surface area contributed by atoms with Gasteiger partial charge in [0.15, 0.2) is 0 Å². The first-order valence-corrected chi connectivity index (χ1v) is 11.5. The lowest BCUT2D eigenvalue weighted by atomic mass is 9.94. The molecule has 0 spiro atoms. The zero-order valence-corrected chi connectivity index (χ0v) is 19.7. The van der Waals surface area contributed by atoms with Crippen LogP contribution in [0, 0.1) is 0 Å². The van der Waals surface area contributed by atoms with E-state index in [1.54, 1.807) is 60.9 Å². The van der Waals surface area contributed by atoms with Gasteiger partial charge in [-0.1, -0.05) is 29.3 Å². The van der Waals surface area contributed by atoms with Crippen molar-refractivity contribution in [2.24, 2.45) is 0 Å². The molecule has 2 aromatic carbocycles. The van der Waals surface area contributed by atoms with Gasteiger partial charge in [0.25, 0.3) is 11.7 Å². The van der Waals surface area contributed by atoms with Gasteiger partial charge in [-0.15, -0.1) is 0 Å². The maximum atomic E-state index is 13.2. The molecule has 6 nitrogen and oxygen atoms in total. The van der Waals surface area contributed by atoms with Crippen LogP contribution in [0.5, 0.6) is 5.75 Å². The van der Waals surface area contributed by atoms with E-state index in [1.807, 2.05) is 6.92 Å². The van der Waals surface area contributed by atoms with Gasteiger partial charge in [0, 0.05) is 30.9 Å². The number of hydrogen-bond donors (Lipinski definition) is 1. The van der Waals surface area contributed by atoms with E-state index in [0.717, 1.165) is 16.9 Å². The van der Waals surface area contributed by atoms with Gasteiger partial charge in [0.2, 0.25) is 0 Å². The lowest BCUT2D eigenvalue weighted by Gasteiger charge is -2.25. The summed E-state index contributed by atoms with van der Waals surface area (Å²) in [6, 6.07) is 12.9. The molecule has 0 aliphatic carbocycles. The second-order valence-corrected chi connectivity index (χ2v) is 9.23. The summed E-state index contributed by atoms with van der Waals surface area (Å²) in [7, 11) is 0. The maximum Gasteiger partial charge on any atom is 0.295 e. The van der Waals surface area contributed by atoms with Crippen LogP contribution in [-0.4, -0.2) is 32.8 Å². The predicted octanol–water partition coefficient (Wildman–Crippen LogP) is 5.33. The van der Waals surface area contributed by atoms with E-state index in [-0.39, 0.29) is 29.0 Å². The monoisotopic (exact) mass is 494 g/mol. The Morgan fingerprint density at radius 2 is 1.85 bits per heavy atom. The van der Waals surface area contributed by atoms with Crippen molar-refractivity contribution in [2.75, 3.05) is 0 Å². The fourth-order valence-corrected chi connectivity index (χ4v) is 4.79. The summed E-state index contributed by atoms with van der Waals surface area (Å²) >= 11 is 12.4. The first-order chi connectivity index (χ1) is 16.3. The molecule has 1 fully saturated rings. The molecule has 1 saturated heterocycles. The van der Waals surface area contributed by atoms with Crippen molar-refractivity contribution in [2.45, 2.75) is 32.0 Å². The van der Waals surface area contributed by atoms with Gasteiger partial charge in [0.05, 0.1) is 21.7 Å². The number of pyridine rings is 1. The van der Waals surface area contributed by atoms with E-state index in [0.29, 0.717) is 22.6 Å². The number of benzene rings is 2. The SMILES string of the molecule is CC1Cc2cc(/C(O)=C3/C(=O)C(=O)N(Cc4ccncc4)C3c3ccc(Cl)c(Cl)c3)ccc2O1. The van der Waals surface area contributed by atoms with Gasteiger partial charge in [-0.25, -0.2) is 0 Å². The van der Waals surface area contributed by atoms with Gasteiger partial charge in [-0.2, -0.15) is 0 Å². The number of hydrogen-bond acceptors (Lipinski definition) is 5. The van der Waals surface area contributed by atoms with E-state index in [4.69, 9.17) is 27.9 Å². The number of fused-ring (bicyclic) bond motifs is 1. The van der Waals surface area contributed by atoms with Gasteiger partial charge < -0.3 is 14.7 Å². The molecule has 0 saturated carbocycles. The molecule has 3 heterocycles.